The second kappa shape index (κ2) is 13.6. The maximum atomic E-state index is 10.3. The predicted octanol–water partition coefficient (Wildman–Crippen LogP) is 2.61. The van der Waals surface area contributed by atoms with Crippen LogP contribution in [0.2, 0.25) is 0 Å². The molecule has 0 amide bonds. The first kappa shape index (κ1) is 28.9. The van der Waals surface area contributed by atoms with Crippen LogP contribution >= 0.6 is 11.3 Å². The first-order valence-corrected chi connectivity index (χ1v) is 12.0. The molecule has 0 radical (unpaired) electrons. The molecule has 0 saturated heterocycles. The molecule has 1 aromatic carbocycles. The van der Waals surface area contributed by atoms with Gasteiger partial charge in [-0.1, -0.05) is 30.3 Å². The third-order valence-electron chi connectivity index (χ3n) is 5.15. The number of likely N-dealkylation sites (N-methyl/N-ethyl adjacent to an activating group) is 1. The Balaban J connectivity index is 0.000000302. The largest absolute Gasteiger partial charge is 0.481 e. The number of hydrogen-bond donors (Lipinski definition) is 4. The van der Waals surface area contributed by atoms with E-state index in [9.17, 15) is 14.4 Å². The molecule has 0 atom stereocenters. The number of rotatable bonds is 12. The minimum Gasteiger partial charge on any atom is -0.481 e. The highest BCUT2D eigenvalue weighted by Crippen LogP contribution is 2.17. The summed E-state index contributed by atoms with van der Waals surface area (Å²) in [4.78, 5) is 41.4. The molecule has 0 aliphatic rings. The molecule has 10 nitrogen and oxygen atoms in total. The highest BCUT2D eigenvalue weighted by atomic mass is 32.1. The van der Waals surface area contributed by atoms with Gasteiger partial charge in [0, 0.05) is 36.4 Å². The van der Waals surface area contributed by atoms with Crippen LogP contribution in [0.1, 0.15) is 23.4 Å². The summed E-state index contributed by atoms with van der Waals surface area (Å²) in [6.45, 7) is 3.97. The standard InChI is InChI=1S/C19H23N3S.C6H8O7/c1-21(2)11-12-22(15-18-7-5-13-23-18)14-17-10-9-16-6-3-4-8-19(16)20-17;7-3(8)1-6(13,5(11)12)2-4(9)10/h3-10,13H,11-12,14-15H2,1-2H3;13H,1-2H2,(H,7,8)(H,9,10)(H,11,12). The molecular weight excluding hydrogens is 486 g/mol. The quantitative estimate of drug-likeness (QED) is 0.282. The Bertz CT molecular complexity index is 1140. The first-order valence-electron chi connectivity index (χ1n) is 11.1. The van der Waals surface area contributed by atoms with E-state index in [2.05, 4.69) is 77.8 Å². The lowest BCUT2D eigenvalue weighted by Crippen LogP contribution is -2.42. The minimum atomic E-state index is -2.74. The van der Waals surface area contributed by atoms with Gasteiger partial charge in [-0.25, -0.2) is 4.79 Å². The third-order valence-corrected chi connectivity index (χ3v) is 6.01. The van der Waals surface area contributed by atoms with Crippen molar-refractivity contribution >= 4 is 40.1 Å². The summed E-state index contributed by atoms with van der Waals surface area (Å²) in [5, 5.41) is 37.2. The van der Waals surface area contributed by atoms with Crippen molar-refractivity contribution in [1.82, 2.24) is 14.8 Å². The molecule has 194 valence electrons. The Morgan fingerprint density at radius 1 is 0.889 bits per heavy atom. The van der Waals surface area contributed by atoms with Gasteiger partial charge in [-0.15, -0.1) is 11.3 Å². The van der Waals surface area contributed by atoms with E-state index in [0.29, 0.717) is 0 Å². The number of fused-ring (bicyclic) bond motifs is 1. The SMILES string of the molecule is CN(C)CCN(Cc1ccc2ccccc2n1)Cc1cccs1.O=C(O)CC(O)(CC(=O)O)C(=O)O. The molecule has 0 unspecified atom stereocenters. The Hall–Kier alpha value is -3.38. The van der Waals surface area contributed by atoms with Crippen molar-refractivity contribution < 1.29 is 34.8 Å². The molecular formula is C25H31N3O7S. The molecule has 4 N–H and O–H groups in total. The predicted molar refractivity (Wildman–Crippen MR) is 136 cm³/mol. The fourth-order valence-corrected chi connectivity index (χ4v) is 4.06. The molecule has 3 rings (SSSR count). The third kappa shape index (κ3) is 9.70. The maximum absolute atomic E-state index is 10.3. The fraction of sp³-hybridized carbons (Fsp3) is 0.360. The normalized spacial score (nSPS) is 11.4. The molecule has 36 heavy (non-hydrogen) atoms. The Kier molecular flexibility index (Phi) is 10.9. The number of thiophene rings is 1. The van der Waals surface area contributed by atoms with Crippen LogP contribution in [0.5, 0.6) is 0 Å². The van der Waals surface area contributed by atoms with E-state index in [1.54, 1.807) is 0 Å². The molecule has 0 fully saturated rings. The van der Waals surface area contributed by atoms with E-state index in [4.69, 9.17) is 25.4 Å². The topological polar surface area (TPSA) is 152 Å². The zero-order chi connectivity index (χ0) is 26.7. The number of hydrogen-bond acceptors (Lipinski definition) is 8. The highest BCUT2D eigenvalue weighted by molar-refractivity contribution is 7.09. The summed E-state index contributed by atoms with van der Waals surface area (Å²) in [6.07, 6.45) is -2.29. The van der Waals surface area contributed by atoms with Crippen LogP contribution in [0, 0.1) is 0 Å². The van der Waals surface area contributed by atoms with Crippen molar-refractivity contribution in [2.75, 3.05) is 27.2 Å². The Labute approximate surface area is 213 Å². The molecule has 0 spiro atoms. The highest BCUT2D eigenvalue weighted by Gasteiger charge is 2.40. The lowest BCUT2D eigenvalue weighted by atomic mass is 9.96. The lowest BCUT2D eigenvalue weighted by Gasteiger charge is -2.23. The molecule has 2 heterocycles. The van der Waals surface area contributed by atoms with Gasteiger partial charge in [0.05, 0.1) is 24.1 Å². The summed E-state index contributed by atoms with van der Waals surface area (Å²) in [5.74, 6) is -5.02. The van der Waals surface area contributed by atoms with Crippen LogP contribution < -0.4 is 0 Å². The maximum Gasteiger partial charge on any atom is 0.336 e. The second-order valence-electron chi connectivity index (χ2n) is 8.57. The van der Waals surface area contributed by atoms with Gasteiger partial charge in [0.15, 0.2) is 5.60 Å². The van der Waals surface area contributed by atoms with E-state index >= 15 is 0 Å². The summed E-state index contributed by atoms with van der Waals surface area (Å²) < 4.78 is 0. The van der Waals surface area contributed by atoms with Crippen LogP contribution in [-0.2, 0) is 27.5 Å². The molecule has 3 aromatic rings. The number of nitrogens with zero attached hydrogens (tertiary/aromatic N) is 3. The number of carboxylic acids is 3. The number of pyridine rings is 1. The van der Waals surface area contributed by atoms with Gasteiger partial charge in [-0.3, -0.25) is 19.5 Å². The molecule has 0 aliphatic carbocycles. The van der Waals surface area contributed by atoms with Gasteiger partial charge in [0.1, 0.15) is 0 Å². The number of aromatic nitrogens is 1. The van der Waals surface area contributed by atoms with Crippen molar-refractivity contribution in [2.24, 2.45) is 0 Å². The van der Waals surface area contributed by atoms with Crippen molar-refractivity contribution in [3.05, 3.63) is 64.5 Å². The van der Waals surface area contributed by atoms with Gasteiger partial charge in [0.25, 0.3) is 0 Å². The van der Waals surface area contributed by atoms with E-state index in [1.807, 2.05) is 11.3 Å². The van der Waals surface area contributed by atoms with Gasteiger partial charge in [0.2, 0.25) is 0 Å². The van der Waals surface area contributed by atoms with Crippen molar-refractivity contribution in [2.45, 2.75) is 31.5 Å². The monoisotopic (exact) mass is 517 g/mol. The Morgan fingerprint density at radius 2 is 1.56 bits per heavy atom. The molecule has 11 heteroatoms. The molecule has 0 bridgehead atoms. The van der Waals surface area contributed by atoms with E-state index in [0.717, 1.165) is 37.4 Å². The molecule has 2 aromatic heterocycles. The second-order valence-corrected chi connectivity index (χ2v) is 9.60. The average Bonchev–Trinajstić information content (AvgIpc) is 3.30. The minimum absolute atomic E-state index is 0.885. The van der Waals surface area contributed by atoms with Crippen molar-refractivity contribution in [3.63, 3.8) is 0 Å². The van der Waals surface area contributed by atoms with Crippen LogP contribution in [0.15, 0.2) is 53.9 Å². The summed E-state index contributed by atoms with van der Waals surface area (Å²) in [5.41, 5.74) is -0.523. The van der Waals surface area contributed by atoms with Crippen molar-refractivity contribution in [1.29, 1.82) is 0 Å². The lowest BCUT2D eigenvalue weighted by molar-refractivity contribution is -0.170. The number of carboxylic acid groups (broad SMARTS) is 3. The van der Waals surface area contributed by atoms with Crippen molar-refractivity contribution in [3.8, 4) is 0 Å². The first-order chi connectivity index (χ1) is 17.0. The number of aliphatic hydroxyl groups is 1. The van der Waals surface area contributed by atoms with Gasteiger partial charge in [-0.2, -0.15) is 0 Å². The zero-order valence-corrected chi connectivity index (χ0v) is 21.0. The van der Waals surface area contributed by atoms with Crippen LogP contribution in [0.3, 0.4) is 0 Å². The number of aliphatic carboxylic acids is 3. The fourth-order valence-electron chi connectivity index (χ4n) is 3.32. The van der Waals surface area contributed by atoms with Crippen LogP contribution in [0.25, 0.3) is 10.9 Å². The number of para-hydroxylation sites is 1. The summed E-state index contributed by atoms with van der Waals surface area (Å²) in [7, 11) is 4.25. The van der Waals surface area contributed by atoms with E-state index in [-0.39, 0.29) is 0 Å². The van der Waals surface area contributed by atoms with Gasteiger partial charge in [-0.05, 0) is 37.7 Å². The van der Waals surface area contributed by atoms with Crippen LogP contribution in [0.4, 0.5) is 0 Å². The summed E-state index contributed by atoms with van der Waals surface area (Å²) in [6, 6.07) is 17.0. The Morgan fingerprint density at radius 3 is 2.11 bits per heavy atom. The van der Waals surface area contributed by atoms with Gasteiger partial charge >= 0.3 is 17.9 Å². The van der Waals surface area contributed by atoms with E-state index in [1.165, 1.54) is 10.3 Å². The average molecular weight is 518 g/mol. The number of benzene rings is 1. The molecule has 0 saturated carbocycles. The molecule has 0 aliphatic heterocycles. The summed E-state index contributed by atoms with van der Waals surface area (Å²) >= 11 is 1.82. The smallest absolute Gasteiger partial charge is 0.336 e. The van der Waals surface area contributed by atoms with E-state index < -0.39 is 36.4 Å². The van der Waals surface area contributed by atoms with Gasteiger partial charge < -0.3 is 25.3 Å². The zero-order valence-electron chi connectivity index (χ0n) is 20.2. The van der Waals surface area contributed by atoms with Crippen LogP contribution in [-0.4, -0.2) is 85.9 Å². The number of carbonyl (C=O) groups is 3.